The molecule has 1 atom stereocenters. The second-order valence-corrected chi connectivity index (χ2v) is 8.58. The number of hydrogen-bond acceptors (Lipinski definition) is 6. The van der Waals surface area contributed by atoms with Crippen molar-refractivity contribution in [2.45, 2.75) is 17.4 Å². The minimum absolute atomic E-state index is 0.0713. The van der Waals surface area contributed by atoms with Crippen molar-refractivity contribution in [1.29, 1.82) is 0 Å². The maximum absolute atomic E-state index is 13.3. The van der Waals surface area contributed by atoms with Crippen molar-refractivity contribution in [3.63, 3.8) is 0 Å². The molecule has 1 aliphatic rings. The van der Waals surface area contributed by atoms with Crippen LogP contribution in [-0.2, 0) is 21.2 Å². The summed E-state index contributed by atoms with van der Waals surface area (Å²) in [6, 6.07) is 17.7. The number of pyridine rings is 1. The van der Waals surface area contributed by atoms with Gasteiger partial charge in [-0.2, -0.15) is 4.31 Å². The van der Waals surface area contributed by atoms with Gasteiger partial charge in [0.1, 0.15) is 16.7 Å². The van der Waals surface area contributed by atoms with E-state index in [-0.39, 0.29) is 17.3 Å². The first-order valence-electron chi connectivity index (χ1n) is 9.23. The molecule has 2 aromatic carbocycles. The number of para-hydroxylation sites is 1. The van der Waals surface area contributed by atoms with Crippen LogP contribution >= 0.6 is 0 Å². The van der Waals surface area contributed by atoms with E-state index in [2.05, 4.69) is 4.98 Å². The normalized spacial score (nSPS) is 16.5. The van der Waals surface area contributed by atoms with E-state index in [1.807, 2.05) is 30.3 Å². The number of benzene rings is 2. The number of fused-ring (bicyclic) bond motifs is 1. The molecule has 154 valence electrons. The van der Waals surface area contributed by atoms with E-state index in [0.29, 0.717) is 17.7 Å². The summed E-state index contributed by atoms with van der Waals surface area (Å²) in [5.41, 5.74) is 2.99. The second-order valence-electron chi connectivity index (χ2n) is 6.69. The van der Waals surface area contributed by atoms with E-state index in [4.69, 9.17) is 4.74 Å². The highest BCUT2D eigenvalue weighted by Crippen LogP contribution is 2.34. The van der Waals surface area contributed by atoms with Gasteiger partial charge in [0, 0.05) is 12.6 Å². The molecule has 2 heterocycles. The Balaban J connectivity index is 1.64. The van der Waals surface area contributed by atoms with Crippen LogP contribution < -0.4 is 10.2 Å². The Morgan fingerprint density at radius 1 is 1.07 bits per heavy atom. The van der Waals surface area contributed by atoms with Crippen molar-refractivity contribution in [3.05, 3.63) is 84.1 Å². The third kappa shape index (κ3) is 3.78. The number of carbonyl (C=O) groups is 1. The molecule has 0 bridgehead atoms. The minimum Gasteiger partial charge on any atom is -0.439 e. The zero-order valence-corrected chi connectivity index (χ0v) is 16.6. The van der Waals surface area contributed by atoms with Gasteiger partial charge in [0.25, 0.3) is 5.91 Å². The predicted molar refractivity (Wildman–Crippen MR) is 107 cm³/mol. The van der Waals surface area contributed by atoms with Crippen LogP contribution in [0, 0.1) is 0 Å². The van der Waals surface area contributed by atoms with E-state index in [1.165, 1.54) is 18.3 Å². The SMILES string of the molecule is O=C(NO)C1c2ccccc2CCN1S(=O)(=O)c1ccc(Oc2ccccc2)nc1. The van der Waals surface area contributed by atoms with Crippen LogP contribution in [0.3, 0.4) is 0 Å². The van der Waals surface area contributed by atoms with Crippen LogP contribution in [-0.4, -0.2) is 35.4 Å². The molecule has 0 fully saturated rings. The molecular weight excluding hydrogens is 406 g/mol. The monoisotopic (exact) mass is 425 g/mol. The number of aromatic nitrogens is 1. The van der Waals surface area contributed by atoms with Crippen molar-refractivity contribution in [1.82, 2.24) is 14.8 Å². The number of carbonyl (C=O) groups excluding carboxylic acids is 1. The average molecular weight is 425 g/mol. The van der Waals surface area contributed by atoms with Crippen LogP contribution in [0.1, 0.15) is 17.2 Å². The quantitative estimate of drug-likeness (QED) is 0.481. The van der Waals surface area contributed by atoms with Crippen LogP contribution in [0.2, 0.25) is 0 Å². The zero-order valence-electron chi connectivity index (χ0n) is 15.8. The molecule has 2 N–H and O–H groups in total. The molecule has 3 aromatic rings. The summed E-state index contributed by atoms with van der Waals surface area (Å²) >= 11 is 0. The molecular formula is C21H19N3O5S. The number of sulfonamides is 1. The van der Waals surface area contributed by atoms with Gasteiger partial charge in [0.2, 0.25) is 15.9 Å². The van der Waals surface area contributed by atoms with Crippen LogP contribution in [0.15, 0.2) is 77.8 Å². The van der Waals surface area contributed by atoms with Gasteiger partial charge in [-0.25, -0.2) is 18.9 Å². The van der Waals surface area contributed by atoms with Gasteiger partial charge in [-0.15, -0.1) is 0 Å². The third-order valence-electron chi connectivity index (χ3n) is 4.88. The lowest BCUT2D eigenvalue weighted by Gasteiger charge is -2.34. The number of ether oxygens (including phenoxy) is 1. The van der Waals surface area contributed by atoms with Crippen molar-refractivity contribution in [2.24, 2.45) is 0 Å². The van der Waals surface area contributed by atoms with Gasteiger partial charge in [0.15, 0.2) is 0 Å². The van der Waals surface area contributed by atoms with E-state index >= 15 is 0 Å². The highest BCUT2D eigenvalue weighted by molar-refractivity contribution is 7.89. The van der Waals surface area contributed by atoms with Crippen LogP contribution in [0.25, 0.3) is 0 Å². The summed E-state index contributed by atoms with van der Waals surface area (Å²) < 4.78 is 33.2. The lowest BCUT2D eigenvalue weighted by molar-refractivity contribution is -0.133. The largest absolute Gasteiger partial charge is 0.439 e. The molecule has 30 heavy (non-hydrogen) atoms. The summed E-state index contributed by atoms with van der Waals surface area (Å²) in [6.07, 6.45) is 1.65. The molecule has 1 amide bonds. The van der Waals surface area contributed by atoms with Gasteiger partial charge in [-0.05, 0) is 35.7 Å². The van der Waals surface area contributed by atoms with E-state index in [1.54, 1.807) is 29.7 Å². The van der Waals surface area contributed by atoms with Gasteiger partial charge in [0.05, 0.1) is 6.20 Å². The molecule has 9 heteroatoms. The first kappa shape index (κ1) is 20.0. The molecule has 0 saturated heterocycles. The maximum atomic E-state index is 13.3. The van der Waals surface area contributed by atoms with Gasteiger partial charge in [-0.3, -0.25) is 10.0 Å². The summed E-state index contributed by atoms with van der Waals surface area (Å²) in [7, 11) is -4.06. The fourth-order valence-corrected chi connectivity index (χ4v) is 4.98. The predicted octanol–water partition coefficient (Wildman–Crippen LogP) is 2.67. The number of nitrogens with one attached hydrogen (secondary N) is 1. The number of hydroxylamine groups is 1. The van der Waals surface area contributed by atoms with Crippen molar-refractivity contribution >= 4 is 15.9 Å². The van der Waals surface area contributed by atoms with Crippen molar-refractivity contribution in [3.8, 4) is 11.6 Å². The second kappa shape index (κ2) is 8.23. The third-order valence-corrected chi connectivity index (χ3v) is 6.73. The fourth-order valence-electron chi connectivity index (χ4n) is 3.46. The summed E-state index contributed by atoms with van der Waals surface area (Å²) in [4.78, 5) is 16.4. The van der Waals surface area contributed by atoms with E-state index in [0.717, 1.165) is 9.87 Å². The Labute approximate surface area is 173 Å². The summed E-state index contributed by atoms with van der Waals surface area (Å²) in [6.45, 7) is 0.0969. The topological polar surface area (TPSA) is 109 Å². The van der Waals surface area contributed by atoms with Gasteiger partial charge in [-0.1, -0.05) is 42.5 Å². The molecule has 0 spiro atoms. The Morgan fingerprint density at radius 2 is 1.80 bits per heavy atom. The number of nitrogens with zero attached hydrogens (tertiary/aromatic N) is 2. The first-order valence-corrected chi connectivity index (χ1v) is 10.7. The van der Waals surface area contributed by atoms with Gasteiger partial charge < -0.3 is 4.74 Å². The molecule has 0 saturated carbocycles. The van der Waals surface area contributed by atoms with Crippen molar-refractivity contribution < 1.29 is 23.2 Å². The van der Waals surface area contributed by atoms with Crippen LogP contribution in [0.4, 0.5) is 0 Å². The summed E-state index contributed by atoms with van der Waals surface area (Å²) in [5.74, 6) is 0.00410. The zero-order chi connectivity index (χ0) is 21.1. The Morgan fingerprint density at radius 3 is 2.50 bits per heavy atom. The smallest absolute Gasteiger partial charge is 0.266 e. The molecule has 1 unspecified atom stereocenters. The minimum atomic E-state index is -4.06. The standard InChI is InChI=1S/C21H19N3O5S/c25-21(23-26)20-18-9-5-4-6-15(18)12-13-24(20)30(27,28)17-10-11-19(22-14-17)29-16-7-2-1-3-8-16/h1-11,14,20,26H,12-13H2,(H,23,25). The maximum Gasteiger partial charge on any atom is 0.266 e. The number of amides is 1. The van der Waals surface area contributed by atoms with Crippen molar-refractivity contribution in [2.75, 3.05) is 6.54 Å². The van der Waals surface area contributed by atoms with Gasteiger partial charge >= 0.3 is 0 Å². The molecule has 1 aliphatic heterocycles. The van der Waals surface area contributed by atoms with E-state index in [9.17, 15) is 18.4 Å². The number of hydrogen-bond donors (Lipinski definition) is 2. The molecule has 0 aliphatic carbocycles. The lowest BCUT2D eigenvalue weighted by Crippen LogP contribution is -2.46. The Hall–Kier alpha value is -3.27. The average Bonchev–Trinajstić information content (AvgIpc) is 2.79. The molecule has 0 radical (unpaired) electrons. The molecule has 4 rings (SSSR count). The van der Waals surface area contributed by atoms with E-state index < -0.39 is 22.0 Å². The molecule has 1 aromatic heterocycles. The highest BCUT2D eigenvalue weighted by Gasteiger charge is 2.40. The Bertz CT molecular complexity index is 1150. The Kier molecular flexibility index (Phi) is 5.49. The molecule has 8 nitrogen and oxygen atoms in total. The van der Waals surface area contributed by atoms with Crippen LogP contribution in [0.5, 0.6) is 11.6 Å². The summed E-state index contributed by atoms with van der Waals surface area (Å²) in [5, 5.41) is 9.19. The fraction of sp³-hybridized carbons (Fsp3) is 0.143. The first-order chi connectivity index (χ1) is 14.5. The number of rotatable bonds is 5. The highest BCUT2D eigenvalue weighted by atomic mass is 32.2. The lowest BCUT2D eigenvalue weighted by atomic mass is 9.94.